The van der Waals surface area contributed by atoms with Gasteiger partial charge in [-0.2, -0.15) is 0 Å². The Morgan fingerprint density at radius 3 is 0.983 bits per heavy atom. The molecule has 10 rings (SSSR count). The van der Waals surface area contributed by atoms with Gasteiger partial charge in [0.05, 0.1) is 22.4 Å². The van der Waals surface area contributed by atoms with E-state index in [4.69, 9.17) is 9.97 Å². The molecule has 0 amide bonds. The number of hydrogen-bond acceptors (Lipinski definition) is 3. The van der Waals surface area contributed by atoms with Crippen molar-refractivity contribution in [3.63, 3.8) is 0 Å². The Hall–Kier alpha value is -7.88. The van der Waals surface area contributed by atoms with E-state index in [1.54, 1.807) is 0 Å². The van der Waals surface area contributed by atoms with E-state index in [1.165, 1.54) is 33.4 Å². The molecule has 0 aliphatic heterocycles. The number of nitrogens with zero attached hydrogens (tertiary/aromatic N) is 3. The standard InChI is InChI=1S/C56H39N3/c1-4-16-40(17-5-1)44-22-12-24-46(36-44)48-26-14-28-51(38-48)59(52-29-15-27-49(39-52)47-25-13-23-45(37-47)41-18-6-2-7-19-41)50-34-32-43(33-35-50)56-55(42-20-8-3-9-21-42)57-53-30-10-11-31-54(53)58-56/h1-39H. The lowest BCUT2D eigenvalue weighted by Gasteiger charge is -2.27. The Balaban J connectivity index is 1.09. The van der Waals surface area contributed by atoms with Gasteiger partial charge >= 0.3 is 0 Å². The van der Waals surface area contributed by atoms with Crippen LogP contribution >= 0.6 is 0 Å². The molecule has 0 bridgehead atoms. The lowest BCUT2D eigenvalue weighted by Crippen LogP contribution is -2.10. The van der Waals surface area contributed by atoms with Crippen LogP contribution in [0.15, 0.2) is 237 Å². The molecule has 0 N–H and O–H groups in total. The van der Waals surface area contributed by atoms with Crippen molar-refractivity contribution >= 4 is 28.1 Å². The first kappa shape index (κ1) is 35.5. The largest absolute Gasteiger partial charge is 0.310 e. The quantitative estimate of drug-likeness (QED) is 0.147. The van der Waals surface area contributed by atoms with Gasteiger partial charge in [-0.3, -0.25) is 0 Å². The van der Waals surface area contributed by atoms with E-state index in [9.17, 15) is 0 Å². The fourth-order valence-electron chi connectivity index (χ4n) is 7.88. The SMILES string of the molecule is c1ccc(-c2cccc(-c3cccc(N(c4ccc(-c5nc6ccccc6nc5-c5ccccc5)cc4)c4cccc(-c5cccc(-c6ccccc6)c5)c4)c3)c2)cc1. The topological polar surface area (TPSA) is 29.0 Å². The summed E-state index contributed by atoms with van der Waals surface area (Å²) in [5.74, 6) is 0. The third-order valence-electron chi connectivity index (χ3n) is 10.8. The summed E-state index contributed by atoms with van der Waals surface area (Å²) in [6.45, 7) is 0. The molecule has 0 saturated carbocycles. The van der Waals surface area contributed by atoms with E-state index < -0.39 is 0 Å². The summed E-state index contributed by atoms with van der Waals surface area (Å²) in [6, 6.07) is 83.6. The van der Waals surface area contributed by atoms with E-state index in [0.29, 0.717) is 0 Å². The van der Waals surface area contributed by atoms with E-state index >= 15 is 0 Å². The van der Waals surface area contributed by atoms with Crippen LogP contribution in [0.2, 0.25) is 0 Å². The fourth-order valence-corrected chi connectivity index (χ4v) is 7.88. The van der Waals surface area contributed by atoms with Crippen molar-refractivity contribution in [1.29, 1.82) is 0 Å². The van der Waals surface area contributed by atoms with Gasteiger partial charge in [0.15, 0.2) is 0 Å². The van der Waals surface area contributed by atoms with Gasteiger partial charge in [0.25, 0.3) is 0 Å². The van der Waals surface area contributed by atoms with Crippen LogP contribution < -0.4 is 4.90 Å². The molecule has 0 radical (unpaired) electrons. The average molecular weight is 754 g/mol. The molecule has 0 unspecified atom stereocenters. The fraction of sp³-hybridized carbons (Fsp3) is 0. The minimum absolute atomic E-state index is 0.855. The predicted molar refractivity (Wildman–Crippen MR) is 247 cm³/mol. The molecular weight excluding hydrogens is 715 g/mol. The molecule has 1 aromatic heterocycles. The summed E-state index contributed by atoms with van der Waals surface area (Å²) in [4.78, 5) is 12.7. The van der Waals surface area contributed by atoms with Crippen LogP contribution in [0.3, 0.4) is 0 Å². The number of aromatic nitrogens is 2. The highest BCUT2D eigenvalue weighted by Crippen LogP contribution is 2.40. The molecule has 59 heavy (non-hydrogen) atoms. The maximum Gasteiger partial charge on any atom is 0.0973 e. The van der Waals surface area contributed by atoms with Crippen LogP contribution in [0.25, 0.3) is 78.1 Å². The number of para-hydroxylation sites is 2. The van der Waals surface area contributed by atoms with Crippen molar-refractivity contribution < 1.29 is 0 Å². The number of hydrogen-bond donors (Lipinski definition) is 0. The Bertz CT molecular complexity index is 2910. The van der Waals surface area contributed by atoms with Crippen LogP contribution in [-0.4, -0.2) is 9.97 Å². The molecule has 3 nitrogen and oxygen atoms in total. The lowest BCUT2D eigenvalue weighted by molar-refractivity contribution is 1.27. The second kappa shape index (κ2) is 15.9. The van der Waals surface area contributed by atoms with Crippen LogP contribution in [0.4, 0.5) is 17.1 Å². The van der Waals surface area contributed by atoms with Gasteiger partial charge in [-0.15, -0.1) is 0 Å². The molecule has 3 heteroatoms. The van der Waals surface area contributed by atoms with Crippen molar-refractivity contribution in [2.24, 2.45) is 0 Å². The van der Waals surface area contributed by atoms with Gasteiger partial charge in [-0.25, -0.2) is 9.97 Å². The second-order valence-electron chi connectivity index (χ2n) is 14.7. The summed E-state index contributed by atoms with van der Waals surface area (Å²) in [5, 5.41) is 0. The van der Waals surface area contributed by atoms with Crippen molar-refractivity contribution in [1.82, 2.24) is 9.97 Å². The Morgan fingerprint density at radius 1 is 0.220 bits per heavy atom. The normalized spacial score (nSPS) is 11.1. The van der Waals surface area contributed by atoms with Gasteiger partial charge in [-0.05, 0) is 105 Å². The first-order chi connectivity index (χ1) is 29.2. The van der Waals surface area contributed by atoms with Crippen molar-refractivity contribution in [3.05, 3.63) is 237 Å². The zero-order chi connectivity index (χ0) is 39.4. The summed E-state index contributed by atoms with van der Waals surface area (Å²) in [7, 11) is 0. The molecule has 0 saturated heterocycles. The number of benzene rings is 9. The van der Waals surface area contributed by atoms with E-state index in [0.717, 1.165) is 61.7 Å². The highest BCUT2D eigenvalue weighted by molar-refractivity contribution is 5.88. The third kappa shape index (κ3) is 7.41. The molecule has 0 aliphatic carbocycles. The molecule has 0 atom stereocenters. The van der Waals surface area contributed by atoms with E-state index in [2.05, 4.69) is 211 Å². The molecule has 9 aromatic carbocycles. The van der Waals surface area contributed by atoms with Gasteiger partial charge in [0, 0.05) is 28.2 Å². The van der Waals surface area contributed by atoms with Crippen LogP contribution in [0.5, 0.6) is 0 Å². The Labute approximate surface area is 345 Å². The molecule has 0 spiro atoms. The van der Waals surface area contributed by atoms with Crippen molar-refractivity contribution in [3.8, 4) is 67.0 Å². The zero-order valence-electron chi connectivity index (χ0n) is 32.4. The number of anilines is 3. The summed E-state index contributed by atoms with van der Waals surface area (Å²) < 4.78 is 0. The maximum absolute atomic E-state index is 5.18. The lowest BCUT2D eigenvalue weighted by atomic mass is 9.97. The van der Waals surface area contributed by atoms with Crippen LogP contribution in [0.1, 0.15) is 0 Å². The highest BCUT2D eigenvalue weighted by atomic mass is 15.1. The molecule has 10 aromatic rings. The van der Waals surface area contributed by atoms with Crippen LogP contribution in [0, 0.1) is 0 Å². The first-order valence-electron chi connectivity index (χ1n) is 20.0. The average Bonchev–Trinajstić information content (AvgIpc) is 3.32. The van der Waals surface area contributed by atoms with Gasteiger partial charge in [0.2, 0.25) is 0 Å². The monoisotopic (exact) mass is 753 g/mol. The molecule has 0 aliphatic rings. The molecular formula is C56H39N3. The summed E-state index contributed by atoms with van der Waals surface area (Å²) in [5.41, 5.74) is 18.1. The first-order valence-corrected chi connectivity index (χ1v) is 20.0. The highest BCUT2D eigenvalue weighted by Gasteiger charge is 2.18. The van der Waals surface area contributed by atoms with Gasteiger partial charge < -0.3 is 4.90 Å². The Morgan fingerprint density at radius 2 is 0.542 bits per heavy atom. The van der Waals surface area contributed by atoms with Crippen molar-refractivity contribution in [2.75, 3.05) is 4.90 Å². The van der Waals surface area contributed by atoms with Gasteiger partial charge in [0.1, 0.15) is 0 Å². The molecule has 0 fully saturated rings. The van der Waals surface area contributed by atoms with Crippen LogP contribution in [-0.2, 0) is 0 Å². The van der Waals surface area contributed by atoms with Crippen molar-refractivity contribution in [2.45, 2.75) is 0 Å². The zero-order valence-corrected chi connectivity index (χ0v) is 32.4. The van der Waals surface area contributed by atoms with Gasteiger partial charge in [-0.1, -0.05) is 176 Å². The Kier molecular flexibility index (Phi) is 9.59. The summed E-state index contributed by atoms with van der Waals surface area (Å²) in [6.07, 6.45) is 0. The maximum atomic E-state index is 5.18. The number of rotatable bonds is 9. The smallest absolute Gasteiger partial charge is 0.0973 e. The van der Waals surface area contributed by atoms with E-state index in [-0.39, 0.29) is 0 Å². The summed E-state index contributed by atoms with van der Waals surface area (Å²) >= 11 is 0. The minimum atomic E-state index is 0.855. The molecule has 278 valence electrons. The number of fused-ring (bicyclic) bond motifs is 1. The second-order valence-corrected chi connectivity index (χ2v) is 14.7. The predicted octanol–water partition coefficient (Wildman–Crippen LogP) is 15.1. The third-order valence-corrected chi connectivity index (χ3v) is 10.8. The minimum Gasteiger partial charge on any atom is -0.310 e. The molecule has 1 heterocycles. The van der Waals surface area contributed by atoms with E-state index in [1.807, 2.05) is 30.3 Å².